The van der Waals surface area contributed by atoms with E-state index in [1.165, 1.54) is 10.5 Å². The quantitative estimate of drug-likeness (QED) is 0.888. The third kappa shape index (κ3) is 2.14. The molecule has 2 atom stereocenters. The van der Waals surface area contributed by atoms with Crippen molar-refractivity contribution in [3.63, 3.8) is 0 Å². The Morgan fingerprint density at radius 1 is 1.04 bits per heavy atom. The van der Waals surface area contributed by atoms with E-state index in [4.69, 9.17) is 0 Å². The summed E-state index contributed by atoms with van der Waals surface area (Å²) in [6.45, 7) is 0. The number of benzene rings is 2. The van der Waals surface area contributed by atoms with Crippen LogP contribution in [0.1, 0.15) is 40.8 Å². The molecule has 0 bridgehead atoms. The number of hydrogen-bond donors (Lipinski definition) is 2. The van der Waals surface area contributed by atoms with Crippen molar-refractivity contribution < 1.29 is 15.0 Å². The van der Waals surface area contributed by atoms with Gasteiger partial charge in [0.1, 0.15) is 6.10 Å². The van der Waals surface area contributed by atoms with Crippen LogP contribution in [0.5, 0.6) is 0 Å². The fraction of sp³-hybridized carbons (Fsp3) is 0.211. The fourth-order valence-corrected chi connectivity index (χ4v) is 3.73. The Morgan fingerprint density at radius 3 is 2.52 bits per heavy atom. The highest BCUT2D eigenvalue weighted by molar-refractivity contribution is 5.85. The normalized spacial score (nSPS) is 21.5. The fourth-order valence-electron chi connectivity index (χ4n) is 3.73. The Labute approximate surface area is 134 Å². The van der Waals surface area contributed by atoms with E-state index in [0.717, 1.165) is 29.5 Å². The Morgan fingerprint density at radius 2 is 1.74 bits per heavy atom. The molecule has 2 aromatic carbocycles. The summed E-state index contributed by atoms with van der Waals surface area (Å²) in [5.41, 5.74) is 4.42. The van der Waals surface area contributed by atoms with Gasteiger partial charge in [0.05, 0.1) is 11.7 Å². The molecule has 2 aromatic rings. The molecule has 0 saturated heterocycles. The first-order valence-corrected chi connectivity index (χ1v) is 7.76. The molecule has 0 radical (unpaired) electrons. The summed E-state index contributed by atoms with van der Waals surface area (Å²) in [6.07, 6.45) is 1.55. The number of aliphatic hydroxyl groups excluding tert-OH is 1. The van der Waals surface area contributed by atoms with Gasteiger partial charge in [0.25, 0.3) is 0 Å². The molecule has 0 spiro atoms. The zero-order chi connectivity index (χ0) is 16.0. The second-order valence-electron chi connectivity index (χ2n) is 5.99. The highest BCUT2D eigenvalue weighted by Gasteiger charge is 2.36. The van der Waals surface area contributed by atoms with Crippen LogP contribution >= 0.6 is 0 Å². The molecule has 0 heterocycles. The van der Waals surface area contributed by atoms with E-state index >= 15 is 0 Å². The zero-order valence-corrected chi connectivity index (χ0v) is 12.5. The Hall–Kier alpha value is -2.59. The number of rotatable bonds is 2. The molecule has 2 N–H and O–H groups in total. The van der Waals surface area contributed by atoms with Crippen LogP contribution in [0.15, 0.2) is 54.6 Å². The molecule has 4 nitrogen and oxygen atoms in total. The molecule has 1 amide bonds. The summed E-state index contributed by atoms with van der Waals surface area (Å²) in [7, 11) is 0. The van der Waals surface area contributed by atoms with Gasteiger partial charge >= 0.3 is 6.09 Å². The average molecular weight is 307 g/mol. The molecule has 0 fully saturated rings. The number of aryl methyl sites for hydroxylation is 1. The van der Waals surface area contributed by atoms with Crippen molar-refractivity contribution in [3.8, 4) is 0 Å². The van der Waals surface area contributed by atoms with Crippen LogP contribution in [0.3, 0.4) is 0 Å². The van der Waals surface area contributed by atoms with Gasteiger partial charge in [0.2, 0.25) is 0 Å². The van der Waals surface area contributed by atoms with Crippen LogP contribution in [-0.4, -0.2) is 21.2 Å². The van der Waals surface area contributed by atoms with Crippen molar-refractivity contribution in [2.45, 2.75) is 25.0 Å². The van der Waals surface area contributed by atoms with Crippen LogP contribution in [-0.2, 0) is 6.42 Å². The Balaban J connectivity index is 1.80. The molecule has 0 aromatic heterocycles. The zero-order valence-electron chi connectivity index (χ0n) is 12.5. The van der Waals surface area contributed by atoms with Gasteiger partial charge in [0.15, 0.2) is 0 Å². The van der Waals surface area contributed by atoms with Gasteiger partial charge in [-0.25, -0.2) is 4.79 Å². The van der Waals surface area contributed by atoms with E-state index in [2.05, 4.69) is 6.07 Å². The van der Waals surface area contributed by atoms with Gasteiger partial charge in [-0.3, -0.25) is 4.90 Å². The monoisotopic (exact) mass is 307 g/mol. The summed E-state index contributed by atoms with van der Waals surface area (Å²) in [4.78, 5) is 13.4. The minimum atomic E-state index is -0.984. The molecule has 116 valence electrons. The predicted molar refractivity (Wildman–Crippen MR) is 86.7 cm³/mol. The minimum Gasteiger partial charge on any atom is -0.465 e. The first-order valence-electron chi connectivity index (χ1n) is 7.76. The van der Waals surface area contributed by atoms with Gasteiger partial charge in [-0.05, 0) is 35.6 Å². The lowest BCUT2D eigenvalue weighted by molar-refractivity contribution is 0.152. The van der Waals surface area contributed by atoms with Crippen LogP contribution in [0.25, 0.3) is 5.70 Å². The SMILES string of the molecule is O=C(O)N(C1=CC(O)c2ccccc21)C1CCc2ccccc21. The van der Waals surface area contributed by atoms with Gasteiger partial charge in [-0.2, -0.15) is 0 Å². The van der Waals surface area contributed by atoms with Crippen molar-refractivity contribution >= 4 is 11.8 Å². The number of aliphatic hydroxyl groups is 1. The van der Waals surface area contributed by atoms with Crippen molar-refractivity contribution in [3.05, 3.63) is 76.9 Å². The maximum Gasteiger partial charge on any atom is 0.412 e. The Kier molecular flexibility index (Phi) is 3.20. The molecule has 23 heavy (non-hydrogen) atoms. The van der Waals surface area contributed by atoms with Crippen LogP contribution < -0.4 is 0 Å². The van der Waals surface area contributed by atoms with E-state index in [0.29, 0.717) is 5.70 Å². The lowest BCUT2D eigenvalue weighted by Crippen LogP contribution is -2.31. The smallest absolute Gasteiger partial charge is 0.412 e. The number of amides is 1. The largest absolute Gasteiger partial charge is 0.465 e. The molecule has 4 rings (SSSR count). The second-order valence-corrected chi connectivity index (χ2v) is 5.99. The second kappa shape index (κ2) is 5.25. The molecule has 0 saturated carbocycles. The number of carboxylic acid groups (broad SMARTS) is 1. The van der Waals surface area contributed by atoms with Crippen molar-refractivity contribution in [1.29, 1.82) is 0 Å². The van der Waals surface area contributed by atoms with Crippen LogP contribution in [0.2, 0.25) is 0 Å². The van der Waals surface area contributed by atoms with Crippen LogP contribution in [0, 0.1) is 0 Å². The third-order valence-electron chi connectivity index (χ3n) is 4.75. The number of hydrogen-bond acceptors (Lipinski definition) is 2. The van der Waals surface area contributed by atoms with Gasteiger partial charge in [-0.1, -0.05) is 48.5 Å². The summed E-state index contributed by atoms with van der Waals surface area (Å²) in [5, 5.41) is 20.1. The van der Waals surface area contributed by atoms with Gasteiger partial charge in [-0.15, -0.1) is 0 Å². The molecular formula is C19H17NO3. The highest BCUT2D eigenvalue weighted by Crippen LogP contribution is 2.44. The van der Waals surface area contributed by atoms with E-state index in [1.807, 2.05) is 42.5 Å². The summed E-state index contributed by atoms with van der Waals surface area (Å²) in [6, 6.07) is 15.2. The first-order chi connectivity index (χ1) is 11.2. The lowest BCUT2D eigenvalue weighted by Gasteiger charge is -2.28. The number of carbonyl (C=O) groups is 1. The molecule has 2 unspecified atom stereocenters. The van der Waals surface area contributed by atoms with Crippen molar-refractivity contribution in [2.75, 3.05) is 0 Å². The molecule has 2 aliphatic carbocycles. The standard InChI is InChI=1S/C19H17NO3/c21-18-11-17(14-7-3-4-8-15(14)18)20(19(22)23)16-10-9-12-5-1-2-6-13(12)16/h1-8,11,16,18,21H,9-10H2,(H,22,23). The molecule has 4 heteroatoms. The maximum atomic E-state index is 12.0. The van der Waals surface area contributed by atoms with E-state index in [-0.39, 0.29) is 6.04 Å². The molecular weight excluding hydrogens is 290 g/mol. The topological polar surface area (TPSA) is 60.8 Å². The summed E-state index contributed by atoms with van der Waals surface area (Å²) in [5.74, 6) is 0. The maximum absolute atomic E-state index is 12.0. The number of nitrogens with zero attached hydrogens (tertiary/aromatic N) is 1. The van der Waals surface area contributed by atoms with E-state index in [9.17, 15) is 15.0 Å². The summed E-state index contributed by atoms with van der Waals surface area (Å²) < 4.78 is 0. The van der Waals surface area contributed by atoms with Gasteiger partial charge < -0.3 is 10.2 Å². The average Bonchev–Trinajstić information content (AvgIpc) is 3.11. The predicted octanol–water partition coefficient (Wildman–Crippen LogP) is 3.74. The van der Waals surface area contributed by atoms with Crippen LogP contribution in [0.4, 0.5) is 4.79 Å². The third-order valence-corrected chi connectivity index (χ3v) is 4.75. The lowest BCUT2D eigenvalue weighted by atomic mass is 10.0. The highest BCUT2D eigenvalue weighted by atomic mass is 16.4. The molecule has 0 aliphatic heterocycles. The van der Waals surface area contributed by atoms with Crippen molar-refractivity contribution in [2.24, 2.45) is 0 Å². The minimum absolute atomic E-state index is 0.201. The number of fused-ring (bicyclic) bond motifs is 2. The summed E-state index contributed by atoms with van der Waals surface area (Å²) >= 11 is 0. The molecule has 2 aliphatic rings. The van der Waals surface area contributed by atoms with E-state index in [1.54, 1.807) is 6.08 Å². The van der Waals surface area contributed by atoms with E-state index < -0.39 is 12.2 Å². The first kappa shape index (κ1) is 14.0. The van der Waals surface area contributed by atoms with Crippen molar-refractivity contribution in [1.82, 2.24) is 4.90 Å². The van der Waals surface area contributed by atoms with Gasteiger partial charge in [0, 0.05) is 5.56 Å². The Bertz CT molecular complexity index is 812.